The molecule has 3 heterocycles. The van der Waals surface area contributed by atoms with Crippen LogP contribution >= 0.6 is 0 Å². The van der Waals surface area contributed by atoms with Gasteiger partial charge < -0.3 is 0 Å². The zero-order valence-corrected chi connectivity index (χ0v) is 14.4. The van der Waals surface area contributed by atoms with E-state index in [1.165, 1.54) is 12.4 Å². The van der Waals surface area contributed by atoms with Gasteiger partial charge in [-0.15, -0.1) is 0 Å². The molecule has 0 radical (unpaired) electrons. The van der Waals surface area contributed by atoms with Gasteiger partial charge in [-0.3, -0.25) is 19.8 Å². The van der Waals surface area contributed by atoms with Crippen molar-refractivity contribution in [3.63, 3.8) is 0 Å². The molecule has 0 fully saturated rings. The molecule has 0 bridgehead atoms. The molecule has 0 amide bonds. The molecule has 1 aromatic carbocycles. The number of nitrogens with one attached hydrogen (secondary N) is 2. The topological polar surface area (TPSA) is 100 Å². The van der Waals surface area contributed by atoms with E-state index in [0.717, 1.165) is 22.4 Å². The molecule has 7 nitrogen and oxygen atoms in total. The van der Waals surface area contributed by atoms with Crippen LogP contribution in [-0.2, 0) is 10.0 Å². The molecule has 1 aliphatic rings. The van der Waals surface area contributed by atoms with Gasteiger partial charge in [0.15, 0.2) is 0 Å². The first-order chi connectivity index (χ1) is 12.6. The molecule has 8 heteroatoms. The van der Waals surface area contributed by atoms with Crippen molar-refractivity contribution in [3.05, 3.63) is 78.4 Å². The second-order valence-corrected chi connectivity index (χ2v) is 7.35. The summed E-state index contributed by atoms with van der Waals surface area (Å²) in [6.45, 7) is 0.595. The summed E-state index contributed by atoms with van der Waals surface area (Å²) in [7, 11) is -3.68. The summed E-state index contributed by atoms with van der Waals surface area (Å²) in [6.07, 6.45) is 8.12. The van der Waals surface area contributed by atoms with Crippen molar-refractivity contribution >= 4 is 27.0 Å². The predicted octanol–water partition coefficient (Wildman–Crippen LogP) is 2.49. The Labute approximate surface area is 150 Å². The molecule has 0 atom stereocenters. The SMILES string of the molecule is O=S(=O)(Nc1cccc(C2=NCC=C2c2ccncc2)c1)c1cn[nH]c1. The Hall–Kier alpha value is -3.26. The van der Waals surface area contributed by atoms with Crippen molar-refractivity contribution in [1.82, 2.24) is 15.2 Å². The molecule has 0 spiro atoms. The first-order valence-corrected chi connectivity index (χ1v) is 9.39. The van der Waals surface area contributed by atoms with Gasteiger partial charge in [-0.2, -0.15) is 5.10 Å². The van der Waals surface area contributed by atoms with Crippen LogP contribution in [0.2, 0.25) is 0 Å². The Balaban J connectivity index is 1.64. The van der Waals surface area contributed by atoms with Crippen molar-refractivity contribution in [2.45, 2.75) is 4.90 Å². The maximum Gasteiger partial charge on any atom is 0.265 e. The molecule has 26 heavy (non-hydrogen) atoms. The third kappa shape index (κ3) is 3.14. The van der Waals surface area contributed by atoms with Crippen LogP contribution in [0.25, 0.3) is 5.57 Å². The van der Waals surface area contributed by atoms with E-state index in [1.54, 1.807) is 30.6 Å². The van der Waals surface area contributed by atoms with Crippen LogP contribution in [0.4, 0.5) is 5.69 Å². The Morgan fingerprint density at radius 3 is 2.69 bits per heavy atom. The van der Waals surface area contributed by atoms with E-state index in [-0.39, 0.29) is 4.90 Å². The Bertz CT molecular complexity index is 1090. The summed E-state index contributed by atoms with van der Waals surface area (Å²) in [4.78, 5) is 8.69. The highest BCUT2D eigenvalue weighted by Gasteiger charge is 2.18. The average molecular weight is 365 g/mol. The molecule has 2 aromatic heterocycles. The van der Waals surface area contributed by atoms with Crippen LogP contribution < -0.4 is 4.72 Å². The normalized spacial score (nSPS) is 14.0. The summed E-state index contributed by atoms with van der Waals surface area (Å²) in [5, 5.41) is 6.18. The molecule has 0 saturated carbocycles. The van der Waals surface area contributed by atoms with Gasteiger partial charge in [-0.25, -0.2) is 8.42 Å². The van der Waals surface area contributed by atoms with Crippen LogP contribution in [0.3, 0.4) is 0 Å². The lowest BCUT2D eigenvalue weighted by Gasteiger charge is -2.11. The highest BCUT2D eigenvalue weighted by Crippen LogP contribution is 2.26. The fourth-order valence-electron chi connectivity index (χ4n) is 2.77. The number of rotatable bonds is 5. The lowest BCUT2D eigenvalue weighted by molar-refractivity contribution is 0.601. The zero-order chi connectivity index (χ0) is 18.0. The second-order valence-electron chi connectivity index (χ2n) is 5.66. The summed E-state index contributed by atoms with van der Waals surface area (Å²) < 4.78 is 27.3. The van der Waals surface area contributed by atoms with Crippen molar-refractivity contribution in [2.75, 3.05) is 11.3 Å². The lowest BCUT2D eigenvalue weighted by atomic mass is 9.97. The number of aromatic nitrogens is 3. The minimum Gasteiger partial charge on any atom is -0.284 e. The fourth-order valence-corrected chi connectivity index (χ4v) is 3.73. The monoisotopic (exact) mass is 365 g/mol. The van der Waals surface area contributed by atoms with Crippen molar-refractivity contribution in [3.8, 4) is 0 Å². The fraction of sp³-hybridized carbons (Fsp3) is 0.0556. The van der Waals surface area contributed by atoms with Crippen molar-refractivity contribution in [1.29, 1.82) is 0 Å². The quantitative estimate of drug-likeness (QED) is 0.725. The number of aliphatic imine (C=N–C) groups is 1. The predicted molar refractivity (Wildman–Crippen MR) is 99.5 cm³/mol. The van der Waals surface area contributed by atoms with Gasteiger partial charge in [0.2, 0.25) is 0 Å². The summed E-state index contributed by atoms with van der Waals surface area (Å²) >= 11 is 0. The summed E-state index contributed by atoms with van der Waals surface area (Å²) in [5.41, 5.74) is 4.19. The lowest BCUT2D eigenvalue weighted by Crippen LogP contribution is -2.12. The largest absolute Gasteiger partial charge is 0.284 e. The first-order valence-electron chi connectivity index (χ1n) is 7.91. The number of hydrogen-bond acceptors (Lipinski definition) is 5. The summed E-state index contributed by atoms with van der Waals surface area (Å²) in [5.74, 6) is 0. The highest BCUT2D eigenvalue weighted by molar-refractivity contribution is 7.92. The van der Waals surface area contributed by atoms with Gasteiger partial charge >= 0.3 is 0 Å². The van der Waals surface area contributed by atoms with Crippen LogP contribution in [0, 0.1) is 0 Å². The molecule has 0 saturated heterocycles. The molecule has 2 N–H and O–H groups in total. The number of pyridine rings is 1. The minimum absolute atomic E-state index is 0.0819. The molecule has 0 unspecified atom stereocenters. The third-order valence-electron chi connectivity index (χ3n) is 3.96. The molecule has 0 aliphatic carbocycles. The Morgan fingerprint density at radius 1 is 1.08 bits per heavy atom. The number of anilines is 1. The average Bonchev–Trinajstić information content (AvgIpc) is 3.34. The van der Waals surface area contributed by atoms with Crippen molar-refractivity contribution in [2.24, 2.45) is 4.99 Å². The van der Waals surface area contributed by atoms with Gasteiger partial charge in [-0.05, 0) is 29.8 Å². The van der Waals surface area contributed by atoms with E-state index in [9.17, 15) is 8.42 Å². The Kier molecular flexibility index (Phi) is 4.10. The van der Waals surface area contributed by atoms with E-state index in [0.29, 0.717) is 12.2 Å². The van der Waals surface area contributed by atoms with E-state index >= 15 is 0 Å². The summed E-state index contributed by atoms with van der Waals surface area (Å²) in [6, 6.07) is 11.0. The van der Waals surface area contributed by atoms with Crippen LogP contribution in [-0.4, -0.2) is 35.9 Å². The van der Waals surface area contributed by atoms with Crippen LogP contribution in [0.1, 0.15) is 11.1 Å². The van der Waals surface area contributed by atoms with Gasteiger partial charge in [0, 0.05) is 35.4 Å². The number of benzene rings is 1. The molecular weight excluding hydrogens is 350 g/mol. The van der Waals surface area contributed by atoms with E-state index < -0.39 is 10.0 Å². The highest BCUT2D eigenvalue weighted by atomic mass is 32.2. The number of H-pyrrole nitrogens is 1. The molecule has 130 valence electrons. The number of aromatic amines is 1. The zero-order valence-electron chi connectivity index (χ0n) is 13.6. The molecule has 3 aromatic rings. The Morgan fingerprint density at radius 2 is 1.92 bits per heavy atom. The third-order valence-corrected chi connectivity index (χ3v) is 5.31. The van der Waals surface area contributed by atoms with Gasteiger partial charge in [-0.1, -0.05) is 18.2 Å². The van der Waals surface area contributed by atoms with Crippen LogP contribution in [0.15, 0.2) is 77.1 Å². The van der Waals surface area contributed by atoms with Gasteiger partial charge in [0.1, 0.15) is 4.90 Å². The van der Waals surface area contributed by atoms with E-state index in [4.69, 9.17) is 0 Å². The number of nitrogens with zero attached hydrogens (tertiary/aromatic N) is 3. The molecular formula is C18H15N5O2S. The smallest absolute Gasteiger partial charge is 0.265 e. The molecule has 1 aliphatic heterocycles. The van der Waals surface area contributed by atoms with Crippen LogP contribution in [0.5, 0.6) is 0 Å². The van der Waals surface area contributed by atoms with Gasteiger partial charge in [0.05, 0.1) is 18.5 Å². The second kappa shape index (κ2) is 6.57. The number of allylic oxidation sites excluding steroid dienone is 1. The van der Waals surface area contributed by atoms with Gasteiger partial charge in [0.25, 0.3) is 10.0 Å². The van der Waals surface area contributed by atoms with E-state index in [2.05, 4.69) is 24.9 Å². The maximum absolute atomic E-state index is 12.4. The molecule has 4 rings (SSSR count). The van der Waals surface area contributed by atoms with Crippen molar-refractivity contribution < 1.29 is 8.42 Å². The maximum atomic E-state index is 12.4. The first kappa shape index (κ1) is 16.2. The number of sulfonamides is 1. The minimum atomic E-state index is -3.68. The number of hydrogen-bond donors (Lipinski definition) is 2. The van der Waals surface area contributed by atoms with E-state index in [1.807, 2.05) is 24.3 Å². The standard InChI is InChI=1S/C18H15N5O2S/c24-26(25,16-11-21-22-12-16)23-15-3-1-2-14(10-15)18-17(6-9-20-18)13-4-7-19-8-5-13/h1-8,10-12,23H,9H2,(H,21,22).